The minimum absolute atomic E-state index is 0.0464. The number of nitrogens with one attached hydrogen (secondary N) is 1. The van der Waals surface area contributed by atoms with Crippen molar-refractivity contribution in [3.63, 3.8) is 0 Å². The molecule has 0 saturated carbocycles. The van der Waals surface area contributed by atoms with Crippen LogP contribution in [0.4, 0.5) is 5.69 Å². The number of anilines is 1. The third-order valence-corrected chi connectivity index (χ3v) is 5.38. The molecule has 1 aliphatic heterocycles. The van der Waals surface area contributed by atoms with Crippen molar-refractivity contribution < 1.29 is 18.0 Å². The molecule has 29 heavy (non-hydrogen) atoms. The first-order valence-corrected chi connectivity index (χ1v) is 11.4. The Morgan fingerprint density at radius 2 is 1.52 bits per heavy atom. The molecule has 0 atom stereocenters. The monoisotopic (exact) mass is 415 g/mol. The van der Waals surface area contributed by atoms with Crippen molar-refractivity contribution in [1.29, 1.82) is 0 Å². The van der Waals surface area contributed by atoms with Crippen LogP contribution in [0, 0.1) is 6.92 Å². The molecule has 1 aliphatic rings. The van der Waals surface area contributed by atoms with Crippen molar-refractivity contribution in [2.45, 2.75) is 13.3 Å². The van der Waals surface area contributed by atoms with Gasteiger partial charge < -0.3 is 9.80 Å². The van der Waals surface area contributed by atoms with E-state index in [0.717, 1.165) is 11.8 Å². The zero-order chi connectivity index (χ0) is 21.0. The summed E-state index contributed by atoms with van der Waals surface area (Å²) >= 11 is 0. The molecule has 0 bridgehead atoms. The summed E-state index contributed by atoms with van der Waals surface area (Å²) in [5.41, 5.74) is 2.08. The first kappa shape index (κ1) is 20.9. The maximum Gasteiger partial charge on any atom is 0.256 e. The number of sulfonamides is 1. The molecule has 0 unspecified atom stereocenters. The minimum atomic E-state index is -3.51. The van der Waals surface area contributed by atoms with Crippen molar-refractivity contribution in [2.24, 2.45) is 0 Å². The lowest BCUT2D eigenvalue weighted by atomic mass is 10.1. The van der Waals surface area contributed by atoms with E-state index in [-0.39, 0.29) is 17.5 Å². The molecule has 0 aromatic heterocycles. The predicted molar refractivity (Wildman–Crippen MR) is 113 cm³/mol. The Balaban J connectivity index is 1.76. The zero-order valence-electron chi connectivity index (χ0n) is 16.6. The molecule has 1 fully saturated rings. The Morgan fingerprint density at radius 3 is 2.14 bits per heavy atom. The summed E-state index contributed by atoms with van der Waals surface area (Å²) in [5, 5.41) is 0. The molecule has 2 amide bonds. The smallest absolute Gasteiger partial charge is 0.256 e. The van der Waals surface area contributed by atoms with Gasteiger partial charge in [0.2, 0.25) is 10.0 Å². The molecule has 1 saturated heterocycles. The van der Waals surface area contributed by atoms with E-state index < -0.39 is 10.0 Å². The van der Waals surface area contributed by atoms with Crippen LogP contribution in [0.3, 0.4) is 0 Å². The summed E-state index contributed by atoms with van der Waals surface area (Å²) in [4.78, 5) is 29.3. The maximum atomic E-state index is 13.1. The fraction of sp³-hybridized carbons (Fsp3) is 0.333. The number of benzene rings is 2. The van der Waals surface area contributed by atoms with Gasteiger partial charge in [-0.25, -0.2) is 8.42 Å². The molecule has 154 valence electrons. The van der Waals surface area contributed by atoms with Crippen LogP contribution < -0.4 is 4.72 Å². The number of hydrogen-bond acceptors (Lipinski definition) is 4. The van der Waals surface area contributed by atoms with Crippen LogP contribution in [-0.4, -0.2) is 62.5 Å². The maximum absolute atomic E-state index is 13.1. The van der Waals surface area contributed by atoms with E-state index in [1.165, 1.54) is 0 Å². The van der Waals surface area contributed by atoms with Crippen molar-refractivity contribution in [1.82, 2.24) is 9.80 Å². The normalized spacial score (nSPS) is 15.0. The van der Waals surface area contributed by atoms with Crippen molar-refractivity contribution >= 4 is 27.5 Å². The van der Waals surface area contributed by atoms with Gasteiger partial charge in [0.1, 0.15) is 0 Å². The van der Waals surface area contributed by atoms with Gasteiger partial charge in [-0.2, -0.15) is 0 Å². The Labute approximate surface area is 171 Å². The molecule has 1 heterocycles. The Morgan fingerprint density at radius 1 is 0.897 bits per heavy atom. The minimum Gasteiger partial charge on any atom is -0.337 e. The summed E-state index contributed by atoms with van der Waals surface area (Å²) < 4.78 is 25.7. The summed E-state index contributed by atoms with van der Waals surface area (Å²) in [6, 6.07) is 14.1. The molecule has 2 aromatic rings. The second-order valence-electron chi connectivity index (χ2n) is 7.23. The highest BCUT2D eigenvalue weighted by molar-refractivity contribution is 7.92. The van der Waals surface area contributed by atoms with Gasteiger partial charge in [0.15, 0.2) is 0 Å². The first-order valence-electron chi connectivity index (χ1n) is 9.46. The fourth-order valence-electron chi connectivity index (χ4n) is 3.38. The number of carbonyl (C=O) groups excluding carboxylic acids is 2. The molecule has 3 rings (SSSR count). The average Bonchev–Trinajstić information content (AvgIpc) is 2.94. The standard InChI is InChI=1S/C21H25N3O4S/c1-16-9-10-19(22-29(2,27)28)18(15-16)21(26)24-12-6-11-23(13-14-24)20(25)17-7-4-3-5-8-17/h3-5,7-10,15,22H,6,11-14H2,1-2H3. The van der Waals surface area contributed by atoms with E-state index >= 15 is 0 Å². The summed E-state index contributed by atoms with van der Waals surface area (Å²) in [7, 11) is -3.51. The predicted octanol–water partition coefficient (Wildman–Crippen LogP) is 2.35. The molecule has 2 aromatic carbocycles. The molecule has 1 N–H and O–H groups in total. The van der Waals surface area contributed by atoms with Crippen LogP contribution in [0.1, 0.15) is 32.7 Å². The van der Waals surface area contributed by atoms with Crippen molar-refractivity contribution in [3.8, 4) is 0 Å². The zero-order valence-corrected chi connectivity index (χ0v) is 17.4. The van der Waals surface area contributed by atoms with Crippen LogP contribution >= 0.6 is 0 Å². The second kappa shape index (κ2) is 8.65. The van der Waals surface area contributed by atoms with Crippen LogP contribution in [0.25, 0.3) is 0 Å². The lowest BCUT2D eigenvalue weighted by molar-refractivity contribution is 0.0719. The van der Waals surface area contributed by atoms with E-state index in [1.54, 1.807) is 40.1 Å². The van der Waals surface area contributed by atoms with E-state index in [2.05, 4.69) is 4.72 Å². The summed E-state index contributed by atoms with van der Waals surface area (Å²) in [6.45, 7) is 3.75. The highest BCUT2D eigenvalue weighted by Crippen LogP contribution is 2.21. The van der Waals surface area contributed by atoms with E-state index in [4.69, 9.17) is 0 Å². The number of carbonyl (C=O) groups is 2. The highest BCUT2D eigenvalue weighted by Gasteiger charge is 2.25. The third kappa shape index (κ3) is 5.35. The molecule has 7 nitrogen and oxygen atoms in total. The molecule has 0 radical (unpaired) electrons. The molecule has 0 spiro atoms. The second-order valence-corrected chi connectivity index (χ2v) is 8.98. The van der Waals surface area contributed by atoms with Crippen LogP contribution in [0.15, 0.2) is 48.5 Å². The van der Waals surface area contributed by atoms with Crippen molar-refractivity contribution in [3.05, 3.63) is 65.2 Å². The topological polar surface area (TPSA) is 86.8 Å². The van der Waals surface area contributed by atoms with E-state index in [0.29, 0.717) is 43.7 Å². The molecule has 0 aliphatic carbocycles. The van der Waals surface area contributed by atoms with Crippen molar-refractivity contribution in [2.75, 3.05) is 37.2 Å². The number of hydrogen-bond donors (Lipinski definition) is 1. The van der Waals surface area contributed by atoms with Gasteiger partial charge in [-0.05, 0) is 37.6 Å². The van der Waals surface area contributed by atoms with Gasteiger partial charge in [-0.3, -0.25) is 14.3 Å². The SMILES string of the molecule is Cc1ccc(NS(C)(=O)=O)c(C(=O)N2CCCN(C(=O)c3ccccc3)CC2)c1. The number of amides is 2. The van der Waals surface area contributed by atoms with Gasteiger partial charge in [-0.1, -0.05) is 29.8 Å². The van der Waals surface area contributed by atoms with E-state index in [1.807, 2.05) is 25.1 Å². The fourth-order valence-corrected chi connectivity index (χ4v) is 3.96. The van der Waals surface area contributed by atoms with Gasteiger partial charge in [-0.15, -0.1) is 0 Å². The highest BCUT2D eigenvalue weighted by atomic mass is 32.2. The van der Waals surface area contributed by atoms with Gasteiger partial charge in [0.25, 0.3) is 11.8 Å². The summed E-state index contributed by atoms with van der Waals surface area (Å²) in [6.07, 6.45) is 1.71. The lowest BCUT2D eigenvalue weighted by Gasteiger charge is -2.23. The lowest BCUT2D eigenvalue weighted by Crippen LogP contribution is -2.37. The number of rotatable bonds is 4. The number of aryl methyl sites for hydroxylation is 1. The van der Waals surface area contributed by atoms with Gasteiger partial charge in [0, 0.05) is 31.7 Å². The molecular formula is C21H25N3O4S. The van der Waals surface area contributed by atoms with Gasteiger partial charge in [0.05, 0.1) is 17.5 Å². The Bertz CT molecular complexity index is 1010. The summed E-state index contributed by atoms with van der Waals surface area (Å²) in [5.74, 6) is -0.288. The first-order chi connectivity index (χ1) is 13.7. The number of nitrogens with zero attached hydrogens (tertiary/aromatic N) is 2. The Kier molecular flexibility index (Phi) is 6.22. The Hall–Kier alpha value is -2.87. The average molecular weight is 416 g/mol. The largest absolute Gasteiger partial charge is 0.337 e. The van der Waals surface area contributed by atoms with Crippen LogP contribution in [0.2, 0.25) is 0 Å². The molecular weight excluding hydrogens is 390 g/mol. The third-order valence-electron chi connectivity index (χ3n) is 4.79. The van der Waals surface area contributed by atoms with Crippen LogP contribution in [-0.2, 0) is 10.0 Å². The molecule has 8 heteroatoms. The van der Waals surface area contributed by atoms with E-state index in [9.17, 15) is 18.0 Å². The van der Waals surface area contributed by atoms with Crippen LogP contribution in [0.5, 0.6) is 0 Å². The van der Waals surface area contributed by atoms with Gasteiger partial charge >= 0.3 is 0 Å². The quantitative estimate of drug-likeness (QED) is 0.831.